The largest absolute Gasteiger partial charge is 0.466 e. The maximum Gasteiger partial charge on any atom is 0.352 e. The highest BCUT2D eigenvalue weighted by molar-refractivity contribution is 9.10. The van der Waals surface area contributed by atoms with Crippen molar-refractivity contribution in [2.45, 2.75) is 18.5 Å². The summed E-state index contributed by atoms with van der Waals surface area (Å²) < 4.78 is 21.3. The van der Waals surface area contributed by atoms with E-state index in [1.807, 2.05) is 18.2 Å². The van der Waals surface area contributed by atoms with Crippen molar-refractivity contribution < 1.29 is 18.7 Å². The van der Waals surface area contributed by atoms with Crippen LogP contribution in [0.3, 0.4) is 0 Å². The average molecular weight is 403 g/mol. The maximum atomic E-state index is 15.9. The van der Waals surface area contributed by atoms with Crippen LogP contribution >= 0.6 is 15.9 Å². The van der Waals surface area contributed by atoms with E-state index in [-0.39, 0.29) is 5.57 Å². The van der Waals surface area contributed by atoms with E-state index in [9.17, 15) is 9.59 Å². The van der Waals surface area contributed by atoms with Gasteiger partial charge in [-0.15, -0.1) is 0 Å². The van der Waals surface area contributed by atoms with Crippen LogP contribution in [0.4, 0.5) is 4.39 Å². The highest BCUT2D eigenvalue weighted by Gasteiger charge is 2.61. The summed E-state index contributed by atoms with van der Waals surface area (Å²) in [5.74, 6) is -3.07. The Kier molecular flexibility index (Phi) is 4.60. The predicted octanol–water partition coefficient (Wildman–Crippen LogP) is 4.47. The minimum absolute atomic E-state index is 0.243. The average Bonchev–Trinajstić information content (AvgIpc) is 2.84. The third kappa shape index (κ3) is 2.72. The molecule has 0 heterocycles. The number of benzene rings is 2. The highest BCUT2D eigenvalue weighted by Crippen LogP contribution is 2.51. The van der Waals surface area contributed by atoms with Gasteiger partial charge in [0.05, 0.1) is 13.0 Å². The predicted molar refractivity (Wildman–Crippen MR) is 96.8 cm³/mol. The van der Waals surface area contributed by atoms with Gasteiger partial charge in [0.2, 0.25) is 5.78 Å². The summed E-state index contributed by atoms with van der Waals surface area (Å²) >= 11 is 3.34. The van der Waals surface area contributed by atoms with Crippen molar-refractivity contribution in [1.82, 2.24) is 0 Å². The Morgan fingerprint density at radius 1 is 1.12 bits per heavy atom. The van der Waals surface area contributed by atoms with E-state index in [1.54, 1.807) is 43.3 Å². The first kappa shape index (κ1) is 17.5. The Hall–Kier alpha value is -2.27. The van der Waals surface area contributed by atoms with Crippen LogP contribution in [0, 0.1) is 0 Å². The first-order valence-corrected chi connectivity index (χ1v) is 8.54. The second-order valence-electron chi connectivity index (χ2n) is 5.92. The number of halogens is 2. The fourth-order valence-corrected chi connectivity index (χ4v) is 3.62. The SMILES string of the molecule is COC(=O)[C@]1(F)C(=O)C(C)=C(c2ccccc2)[C@@H]1c1ccc(Br)cc1. The Labute approximate surface area is 153 Å². The molecule has 0 amide bonds. The number of hydrogen-bond acceptors (Lipinski definition) is 3. The summed E-state index contributed by atoms with van der Waals surface area (Å²) in [4.78, 5) is 25.0. The second kappa shape index (κ2) is 6.56. The van der Waals surface area contributed by atoms with Gasteiger partial charge in [-0.25, -0.2) is 9.18 Å². The zero-order valence-electron chi connectivity index (χ0n) is 13.8. The van der Waals surface area contributed by atoms with Crippen LogP contribution < -0.4 is 0 Å². The molecule has 2 aromatic carbocycles. The number of rotatable bonds is 3. The topological polar surface area (TPSA) is 43.4 Å². The number of carbonyl (C=O) groups is 2. The molecule has 0 saturated carbocycles. The Morgan fingerprint density at radius 3 is 2.28 bits per heavy atom. The molecular formula is C20H16BrFO3. The molecule has 2 aromatic rings. The van der Waals surface area contributed by atoms with Crippen molar-refractivity contribution in [2.75, 3.05) is 7.11 Å². The molecule has 0 spiro atoms. The lowest BCUT2D eigenvalue weighted by Gasteiger charge is -2.26. The van der Waals surface area contributed by atoms with Crippen molar-refractivity contribution in [3.63, 3.8) is 0 Å². The fraction of sp³-hybridized carbons (Fsp3) is 0.200. The lowest BCUT2D eigenvalue weighted by Crippen LogP contribution is -2.45. The first-order valence-electron chi connectivity index (χ1n) is 7.75. The molecule has 1 aliphatic rings. The van der Waals surface area contributed by atoms with Crippen LogP contribution in [0.5, 0.6) is 0 Å². The first-order chi connectivity index (χ1) is 11.9. The number of methoxy groups -OCH3 is 1. The normalized spacial score (nSPS) is 23.0. The van der Waals surface area contributed by atoms with Crippen molar-refractivity contribution in [1.29, 1.82) is 0 Å². The number of allylic oxidation sites excluding steroid dienone is 2. The quantitative estimate of drug-likeness (QED) is 0.561. The van der Waals surface area contributed by atoms with Gasteiger partial charge in [-0.05, 0) is 35.8 Å². The fourth-order valence-electron chi connectivity index (χ4n) is 3.35. The number of hydrogen-bond donors (Lipinski definition) is 0. The van der Waals surface area contributed by atoms with Gasteiger partial charge in [0, 0.05) is 10.0 Å². The van der Waals surface area contributed by atoms with E-state index in [1.165, 1.54) is 0 Å². The van der Waals surface area contributed by atoms with E-state index in [4.69, 9.17) is 0 Å². The lowest BCUT2D eigenvalue weighted by molar-refractivity contribution is -0.158. The molecule has 3 rings (SSSR count). The van der Waals surface area contributed by atoms with E-state index < -0.39 is 23.3 Å². The summed E-state index contributed by atoms with van der Waals surface area (Å²) in [6.07, 6.45) is 0. The maximum absolute atomic E-state index is 15.9. The Bertz CT molecular complexity index is 858. The van der Waals surface area contributed by atoms with Gasteiger partial charge in [-0.2, -0.15) is 0 Å². The van der Waals surface area contributed by atoms with E-state index in [2.05, 4.69) is 20.7 Å². The molecule has 0 N–H and O–H groups in total. The van der Waals surface area contributed by atoms with E-state index in [0.29, 0.717) is 16.7 Å². The molecule has 25 heavy (non-hydrogen) atoms. The van der Waals surface area contributed by atoms with Crippen LogP contribution in [-0.4, -0.2) is 24.5 Å². The highest BCUT2D eigenvalue weighted by atomic mass is 79.9. The molecule has 0 bridgehead atoms. The summed E-state index contributed by atoms with van der Waals surface area (Å²) in [6.45, 7) is 1.56. The van der Waals surface area contributed by atoms with Gasteiger partial charge in [0.1, 0.15) is 0 Å². The molecule has 0 fully saturated rings. The van der Waals surface area contributed by atoms with E-state index >= 15 is 4.39 Å². The molecule has 0 aliphatic heterocycles. The second-order valence-corrected chi connectivity index (χ2v) is 6.84. The zero-order valence-corrected chi connectivity index (χ0v) is 15.3. The molecule has 1 aliphatic carbocycles. The van der Waals surface area contributed by atoms with Gasteiger partial charge >= 0.3 is 5.97 Å². The van der Waals surface area contributed by atoms with E-state index in [0.717, 1.165) is 11.6 Å². The van der Waals surface area contributed by atoms with Crippen molar-refractivity contribution in [3.05, 3.63) is 75.8 Å². The molecule has 0 unspecified atom stereocenters. The molecule has 3 nitrogen and oxygen atoms in total. The number of ketones is 1. The van der Waals surface area contributed by atoms with Crippen molar-refractivity contribution >= 4 is 33.3 Å². The zero-order chi connectivity index (χ0) is 18.2. The molecule has 128 valence electrons. The van der Waals surface area contributed by atoms with Gasteiger partial charge in [-0.1, -0.05) is 58.4 Å². The molecular weight excluding hydrogens is 387 g/mol. The third-order valence-corrected chi connectivity index (χ3v) is 5.06. The third-order valence-electron chi connectivity index (χ3n) is 4.53. The number of esters is 1. The van der Waals surface area contributed by atoms with Gasteiger partial charge in [-0.3, -0.25) is 4.79 Å². The molecule has 0 radical (unpaired) electrons. The summed E-state index contributed by atoms with van der Waals surface area (Å²) in [5.41, 5.74) is -0.754. The summed E-state index contributed by atoms with van der Waals surface area (Å²) in [7, 11) is 1.09. The van der Waals surface area contributed by atoms with Crippen LogP contribution in [0.15, 0.2) is 64.6 Å². The van der Waals surface area contributed by atoms with Crippen LogP contribution in [0.1, 0.15) is 24.0 Å². The minimum Gasteiger partial charge on any atom is -0.466 e. The Morgan fingerprint density at radius 2 is 1.72 bits per heavy atom. The lowest BCUT2D eigenvalue weighted by atomic mass is 9.80. The van der Waals surface area contributed by atoms with Crippen LogP contribution in [0.25, 0.3) is 5.57 Å². The summed E-state index contributed by atoms with van der Waals surface area (Å²) in [6, 6.07) is 16.0. The Balaban J connectivity index is 2.26. The molecule has 5 heteroatoms. The molecule has 0 saturated heterocycles. The smallest absolute Gasteiger partial charge is 0.352 e. The monoisotopic (exact) mass is 402 g/mol. The van der Waals surface area contributed by atoms with Gasteiger partial charge in [0.25, 0.3) is 5.67 Å². The number of alkyl halides is 1. The number of ether oxygens (including phenoxy) is 1. The number of carbonyl (C=O) groups excluding carboxylic acids is 2. The minimum atomic E-state index is -2.77. The van der Waals surface area contributed by atoms with Crippen LogP contribution in [0.2, 0.25) is 0 Å². The molecule has 0 aromatic heterocycles. The molecule has 2 atom stereocenters. The van der Waals surface area contributed by atoms with Crippen molar-refractivity contribution in [2.24, 2.45) is 0 Å². The summed E-state index contributed by atoms with van der Waals surface area (Å²) in [5, 5.41) is 0. The van der Waals surface area contributed by atoms with Crippen LogP contribution in [-0.2, 0) is 14.3 Å². The number of Topliss-reactive ketones (excluding diaryl/α,β-unsaturated/α-hetero) is 1. The van der Waals surface area contributed by atoms with Gasteiger partial charge < -0.3 is 4.74 Å². The standard InChI is InChI=1S/C20H16BrFO3/c1-12-16(13-6-4-3-5-7-13)17(14-8-10-15(21)11-9-14)20(22,18(12)23)19(24)25-2/h3-11,17H,1-2H3/t17-,20+/m0/s1. The van der Waals surface area contributed by atoms with Crippen molar-refractivity contribution in [3.8, 4) is 0 Å². The van der Waals surface area contributed by atoms with Gasteiger partial charge in [0.15, 0.2) is 0 Å².